The summed E-state index contributed by atoms with van der Waals surface area (Å²) in [6, 6.07) is 0. The first-order valence-electron chi connectivity index (χ1n) is 1.44. The lowest BCUT2D eigenvalue weighted by molar-refractivity contribution is -0.134. The predicted octanol–water partition coefficient (Wildman–Crippen LogP) is -0.378. The fourth-order valence-corrected chi connectivity index (χ4v) is 0.0844. The summed E-state index contributed by atoms with van der Waals surface area (Å²) in [7, 11) is 2.75. The maximum absolute atomic E-state index is 9.82. The van der Waals surface area contributed by atoms with Gasteiger partial charge in [0.2, 0.25) is 0 Å². The zero-order valence-corrected chi connectivity index (χ0v) is 3.50. The van der Waals surface area contributed by atoms with Crippen molar-refractivity contribution in [1.82, 2.24) is 0 Å². The van der Waals surface area contributed by atoms with Crippen molar-refractivity contribution < 1.29 is 14.3 Å². The largest absolute Gasteiger partial charge is 0.454 e. The molecule has 7 heavy (non-hydrogen) atoms. The van der Waals surface area contributed by atoms with Gasteiger partial charge in [-0.1, -0.05) is 0 Å². The van der Waals surface area contributed by atoms with Crippen LogP contribution < -0.4 is 0 Å². The van der Waals surface area contributed by atoms with E-state index < -0.39 is 5.97 Å². The number of nitrogens with zero attached hydrogens (tertiary/aromatic N) is 2. The molecule has 0 aromatic rings. The van der Waals surface area contributed by atoms with Gasteiger partial charge in [0.1, 0.15) is 7.11 Å². The average molecular weight is 99.1 g/mol. The third kappa shape index (κ3) is 2.66. The van der Waals surface area contributed by atoms with Gasteiger partial charge in [-0.05, 0) is 0 Å². The van der Waals surface area contributed by atoms with Gasteiger partial charge >= 0.3 is 12.2 Å². The van der Waals surface area contributed by atoms with Crippen molar-refractivity contribution in [3.05, 3.63) is 12.6 Å². The van der Waals surface area contributed by atoms with Crippen LogP contribution in [0.1, 0.15) is 0 Å². The summed E-state index contributed by atoms with van der Waals surface area (Å²) in [5, 5.41) is 0. The van der Waals surface area contributed by atoms with Crippen LogP contribution in [0.2, 0.25) is 0 Å². The van der Waals surface area contributed by atoms with Gasteiger partial charge in [0.05, 0.1) is 0 Å². The molecule has 0 spiro atoms. The Labute approximate surface area is 40.3 Å². The molecule has 0 heterocycles. The second-order valence-electron chi connectivity index (χ2n) is 0.708. The van der Waals surface area contributed by atoms with Gasteiger partial charge < -0.3 is 10.3 Å². The van der Waals surface area contributed by atoms with E-state index >= 15 is 0 Å². The molecule has 0 unspecified atom stereocenters. The van der Waals surface area contributed by atoms with Crippen molar-refractivity contribution in [2.45, 2.75) is 0 Å². The second-order valence-corrected chi connectivity index (χ2v) is 0.708. The highest BCUT2D eigenvalue weighted by Gasteiger charge is 1.95. The molecule has 1 radical (unpaired) electrons. The zero-order valence-electron chi connectivity index (χ0n) is 3.50. The summed E-state index contributed by atoms with van der Waals surface area (Å²) < 4.78 is 3.79. The third-order valence-electron chi connectivity index (χ3n) is 0.305. The van der Waals surface area contributed by atoms with Crippen LogP contribution in [0.5, 0.6) is 0 Å². The number of carbonyl (C=O) groups excluding carboxylic acids is 1. The number of carbonyl (C=O) groups is 1. The molecule has 0 aromatic heterocycles. The SMILES string of the molecule is [CH2]OC(=O)C=[N+]=[N-]. The Morgan fingerprint density at radius 1 is 2.00 bits per heavy atom. The van der Waals surface area contributed by atoms with Gasteiger partial charge in [-0.15, -0.1) is 0 Å². The minimum atomic E-state index is -0.775. The molecule has 0 amide bonds. The molecule has 0 fully saturated rings. The second kappa shape index (κ2) is 3.06. The van der Waals surface area contributed by atoms with E-state index in [0.29, 0.717) is 6.21 Å². The Hall–Kier alpha value is -1.15. The standard InChI is InChI=1S/C3H3N2O2/c1-7-3(6)2-5-4/h2H,1H2. The minimum Gasteiger partial charge on any atom is -0.454 e. The molecule has 4 heteroatoms. The topological polar surface area (TPSA) is 62.7 Å². The third-order valence-corrected chi connectivity index (χ3v) is 0.305. The van der Waals surface area contributed by atoms with Gasteiger partial charge in [-0.25, -0.2) is 4.79 Å². The van der Waals surface area contributed by atoms with Gasteiger partial charge in [-0.2, -0.15) is 4.79 Å². The molecule has 0 atom stereocenters. The van der Waals surface area contributed by atoms with E-state index in [9.17, 15) is 4.79 Å². The highest BCUT2D eigenvalue weighted by molar-refractivity contribution is 6.20. The maximum Gasteiger partial charge on any atom is 0.413 e. The van der Waals surface area contributed by atoms with E-state index in [1.807, 2.05) is 0 Å². The van der Waals surface area contributed by atoms with Crippen LogP contribution in [-0.2, 0) is 9.53 Å². The summed E-state index contributed by atoms with van der Waals surface area (Å²) in [5.41, 5.74) is 7.61. The van der Waals surface area contributed by atoms with Crippen molar-refractivity contribution in [3.8, 4) is 0 Å². The fourth-order valence-electron chi connectivity index (χ4n) is 0.0844. The van der Waals surface area contributed by atoms with Crippen LogP contribution in [-0.4, -0.2) is 17.0 Å². The van der Waals surface area contributed by atoms with Crippen LogP contribution in [0.3, 0.4) is 0 Å². The van der Waals surface area contributed by atoms with Crippen molar-refractivity contribution in [3.63, 3.8) is 0 Å². The lowest BCUT2D eigenvalue weighted by atomic mass is 10.8. The molecule has 0 aliphatic rings. The van der Waals surface area contributed by atoms with E-state index in [1.54, 1.807) is 0 Å². The molecule has 0 saturated carbocycles. The smallest absolute Gasteiger partial charge is 0.413 e. The van der Waals surface area contributed by atoms with E-state index in [0.717, 1.165) is 0 Å². The van der Waals surface area contributed by atoms with Crippen LogP contribution in [0, 0.1) is 7.11 Å². The highest BCUT2D eigenvalue weighted by Crippen LogP contribution is 1.62. The molecular weight excluding hydrogens is 96.0 g/mol. The zero-order chi connectivity index (χ0) is 5.70. The predicted molar refractivity (Wildman–Crippen MR) is 21.1 cm³/mol. The fraction of sp³-hybridized carbons (Fsp3) is 0. The van der Waals surface area contributed by atoms with Crippen LogP contribution >= 0.6 is 0 Å². The van der Waals surface area contributed by atoms with E-state index in [2.05, 4.69) is 16.6 Å². The van der Waals surface area contributed by atoms with Crippen molar-refractivity contribution in [1.29, 1.82) is 0 Å². The number of esters is 1. The number of hydrogen-bond donors (Lipinski definition) is 0. The molecule has 0 aromatic carbocycles. The van der Waals surface area contributed by atoms with Crippen LogP contribution in [0.25, 0.3) is 5.53 Å². The lowest BCUT2D eigenvalue weighted by Crippen LogP contribution is -1.98. The van der Waals surface area contributed by atoms with Crippen LogP contribution in [0.15, 0.2) is 0 Å². The van der Waals surface area contributed by atoms with Gasteiger partial charge in [0.15, 0.2) is 0 Å². The Kier molecular flexibility index (Phi) is 2.55. The van der Waals surface area contributed by atoms with E-state index in [1.165, 1.54) is 0 Å². The van der Waals surface area contributed by atoms with Crippen LogP contribution in [0.4, 0.5) is 0 Å². The average Bonchev–Trinajstić information content (AvgIpc) is 1.68. The first-order chi connectivity index (χ1) is 3.31. The Bertz CT molecular complexity index is 114. The Morgan fingerprint density at radius 2 is 2.57 bits per heavy atom. The Balaban J connectivity index is 3.58. The molecule has 0 N–H and O–H groups in total. The molecule has 37 valence electrons. The monoisotopic (exact) mass is 99.0 g/mol. The summed E-state index contributed by atoms with van der Waals surface area (Å²) >= 11 is 0. The molecule has 0 saturated heterocycles. The maximum atomic E-state index is 9.82. The van der Waals surface area contributed by atoms with E-state index in [-0.39, 0.29) is 0 Å². The molecule has 0 aliphatic heterocycles. The number of hydrogen-bond acceptors (Lipinski definition) is 2. The summed E-state index contributed by atoms with van der Waals surface area (Å²) in [6.07, 6.45) is 0.604. The molecule has 0 aliphatic carbocycles. The summed E-state index contributed by atoms with van der Waals surface area (Å²) in [6.45, 7) is 0. The van der Waals surface area contributed by atoms with Gasteiger partial charge in [-0.3, -0.25) is 0 Å². The Morgan fingerprint density at radius 3 is 2.71 bits per heavy atom. The molecule has 0 bridgehead atoms. The van der Waals surface area contributed by atoms with E-state index in [4.69, 9.17) is 5.53 Å². The summed E-state index contributed by atoms with van der Waals surface area (Å²) in [4.78, 5) is 12.2. The first-order valence-corrected chi connectivity index (χ1v) is 1.44. The number of ether oxygens (including phenoxy) is 1. The minimum absolute atomic E-state index is 0.604. The first kappa shape index (κ1) is 5.85. The normalized spacial score (nSPS) is 6.43. The highest BCUT2D eigenvalue weighted by atomic mass is 16.5. The lowest BCUT2D eigenvalue weighted by Gasteiger charge is -1.77. The molecule has 4 nitrogen and oxygen atoms in total. The van der Waals surface area contributed by atoms with Gasteiger partial charge in [0.25, 0.3) is 0 Å². The number of rotatable bonds is 1. The molecular formula is C3H3N2O2. The van der Waals surface area contributed by atoms with Gasteiger partial charge in [0, 0.05) is 0 Å². The van der Waals surface area contributed by atoms with Crippen molar-refractivity contribution in [2.24, 2.45) is 0 Å². The quantitative estimate of drug-likeness (QED) is 0.195. The summed E-state index contributed by atoms with van der Waals surface area (Å²) in [5.74, 6) is -0.775. The molecule has 0 rings (SSSR count). The van der Waals surface area contributed by atoms with Crippen molar-refractivity contribution in [2.75, 3.05) is 0 Å². The van der Waals surface area contributed by atoms with Crippen molar-refractivity contribution >= 4 is 12.2 Å².